The van der Waals surface area contributed by atoms with Gasteiger partial charge in [0, 0.05) is 30.4 Å². The highest BCUT2D eigenvalue weighted by molar-refractivity contribution is 6.05. The normalized spacial score (nSPS) is 14.7. The van der Waals surface area contributed by atoms with Crippen LogP contribution in [0.2, 0.25) is 0 Å². The molecule has 0 saturated carbocycles. The lowest BCUT2D eigenvalue weighted by Crippen LogP contribution is -2.35. The maximum Gasteiger partial charge on any atom is 0.255 e. The average molecular weight is 427 g/mol. The number of imidazole rings is 1. The van der Waals surface area contributed by atoms with Crippen molar-refractivity contribution in [3.8, 4) is 5.75 Å². The number of methoxy groups -OCH3 is 1. The van der Waals surface area contributed by atoms with Gasteiger partial charge >= 0.3 is 0 Å². The molecule has 0 saturated heterocycles. The first-order valence-electron chi connectivity index (χ1n) is 10.9. The molecule has 0 spiro atoms. The van der Waals surface area contributed by atoms with Crippen molar-refractivity contribution in [2.24, 2.45) is 0 Å². The zero-order chi connectivity index (χ0) is 22.1. The van der Waals surface area contributed by atoms with Crippen LogP contribution in [-0.4, -0.2) is 34.0 Å². The van der Waals surface area contributed by atoms with Gasteiger partial charge in [0.05, 0.1) is 24.7 Å². The van der Waals surface area contributed by atoms with Crippen molar-refractivity contribution in [3.63, 3.8) is 0 Å². The third-order valence-corrected chi connectivity index (χ3v) is 6.22. The highest BCUT2D eigenvalue weighted by Gasteiger charge is 2.24. The Morgan fingerprint density at radius 1 is 1.03 bits per heavy atom. The number of ether oxygens (including phenoxy) is 1. The van der Waals surface area contributed by atoms with Crippen LogP contribution in [0.15, 0.2) is 72.8 Å². The standard InChI is InChI=1S/C26H26N4O2/c1-18(19-6-4-3-5-7-19)29-14-15-30-24-13-10-21(16-23(24)28-25(30)17-29)27-26(31)20-8-11-22(32-2)12-9-20/h3-13,16,18H,14-15,17H2,1-2H3,(H,27,31). The van der Waals surface area contributed by atoms with Gasteiger partial charge in [0.25, 0.3) is 5.91 Å². The van der Waals surface area contributed by atoms with Crippen LogP contribution in [0.3, 0.4) is 0 Å². The first-order chi connectivity index (χ1) is 15.6. The number of rotatable bonds is 5. The van der Waals surface area contributed by atoms with Crippen LogP contribution >= 0.6 is 0 Å². The van der Waals surface area contributed by atoms with Crippen LogP contribution in [0.5, 0.6) is 5.75 Å². The van der Waals surface area contributed by atoms with E-state index in [4.69, 9.17) is 9.72 Å². The molecule has 5 rings (SSSR count). The zero-order valence-electron chi connectivity index (χ0n) is 18.3. The van der Waals surface area contributed by atoms with Crippen molar-refractivity contribution in [2.45, 2.75) is 26.1 Å². The van der Waals surface area contributed by atoms with Crippen LogP contribution in [-0.2, 0) is 13.1 Å². The topological polar surface area (TPSA) is 59.4 Å². The van der Waals surface area contributed by atoms with Crippen molar-refractivity contribution in [1.29, 1.82) is 0 Å². The summed E-state index contributed by atoms with van der Waals surface area (Å²) in [4.78, 5) is 20.0. The van der Waals surface area contributed by atoms with Gasteiger partial charge in [-0.3, -0.25) is 9.69 Å². The minimum absolute atomic E-state index is 0.154. The van der Waals surface area contributed by atoms with Gasteiger partial charge < -0.3 is 14.6 Å². The van der Waals surface area contributed by atoms with Gasteiger partial charge in [-0.1, -0.05) is 30.3 Å². The number of aromatic nitrogens is 2. The van der Waals surface area contributed by atoms with Crippen molar-refractivity contribution in [3.05, 3.63) is 89.7 Å². The summed E-state index contributed by atoms with van der Waals surface area (Å²) in [5, 5.41) is 2.98. The van der Waals surface area contributed by atoms with Crippen LogP contribution < -0.4 is 10.1 Å². The second-order valence-corrected chi connectivity index (χ2v) is 8.12. The van der Waals surface area contributed by atoms with E-state index in [2.05, 4.69) is 52.0 Å². The highest BCUT2D eigenvalue weighted by Crippen LogP contribution is 2.28. The maximum absolute atomic E-state index is 12.6. The Labute approximate surface area is 187 Å². The number of amides is 1. The summed E-state index contributed by atoms with van der Waals surface area (Å²) in [5.74, 6) is 1.63. The summed E-state index contributed by atoms with van der Waals surface area (Å²) in [6, 6.07) is 23.9. The molecule has 1 amide bonds. The Balaban J connectivity index is 1.34. The van der Waals surface area contributed by atoms with E-state index in [0.717, 1.165) is 47.9 Å². The second kappa shape index (κ2) is 8.48. The zero-order valence-corrected chi connectivity index (χ0v) is 18.3. The number of benzene rings is 3. The lowest BCUT2D eigenvalue weighted by Gasteiger charge is -2.33. The van der Waals surface area contributed by atoms with Crippen molar-refractivity contribution < 1.29 is 9.53 Å². The number of fused-ring (bicyclic) bond motifs is 3. The van der Waals surface area contributed by atoms with Crippen LogP contribution in [0.1, 0.15) is 34.7 Å². The van der Waals surface area contributed by atoms with Crippen molar-refractivity contribution >= 4 is 22.6 Å². The van der Waals surface area contributed by atoms with E-state index >= 15 is 0 Å². The lowest BCUT2D eigenvalue weighted by atomic mass is 10.1. The monoisotopic (exact) mass is 426 g/mol. The summed E-state index contributed by atoms with van der Waals surface area (Å²) >= 11 is 0. The molecule has 1 unspecified atom stereocenters. The molecule has 3 aromatic carbocycles. The molecule has 1 N–H and O–H groups in total. The molecule has 162 valence electrons. The van der Waals surface area contributed by atoms with E-state index in [1.54, 1.807) is 31.4 Å². The fraction of sp³-hybridized carbons (Fsp3) is 0.231. The fourth-order valence-corrected chi connectivity index (χ4v) is 4.34. The average Bonchev–Trinajstić information content (AvgIpc) is 3.21. The molecule has 2 heterocycles. The van der Waals surface area contributed by atoms with Gasteiger partial charge in [-0.15, -0.1) is 0 Å². The first-order valence-corrected chi connectivity index (χ1v) is 10.9. The third-order valence-electron chi connectivity index (χ3n) is 6.22. The molecule has 1 aliphatic heterocycles. The molecule has 6 nitrogen and oxygen atoms in total. The molecule has 0 bridgehead atoms. The van der Waals surface area contributed by atoms with E-state index in [-0.39, 0.29) is 5.91 Å². The van der Waals surface area contributed by atoms with Gasteiger partial charge in [0.2, 0.25) is 0 Å². The summed E-state index contributed by atoms with van der Waals surface area (Å²) < 4.78 is 7.45. The predicted octanol–water partition coefficient (Wildman–Crippen LogP) is 4.87. The lowest BCUT2D eigenvalue weighted by molar-refractivity contribution is 0.102. The fourth-order valence-electron chi connectivity index (χ4n) is 4.34. The molecule has 32 heavy (non-hydrogen) atoms. The van der Waals surface area contributed by atoms with Gasteiger partial charge in [-0.05, 0) is 55.0 Å². The summed E-state index contributed by atoms with van der Waals surface area (Å²) in [6.07, 6.45) is 0. The van der Waals surface area contributed by atoms with E-state index in [1.165, 1.54) is 5.56 Å². The number of carbonyl (C=O) groups is 1. The Kier molecular flexibility index (Phi) is 5.37. The van der Waals surface area contributed by atoms with Gasteiger partial charge in [0.1, 0.15) is 11.6 Å². The highest BCUT2D eigenvalue weighted by atomic mass is 16.5. The molecule has 4 aromatic rings. The minimum atomic E-state index is -0.154. The molecule has 1 aromatic heterocycles. The van der Waals surface area contributed by atoms with E-state index < -0.39 is 0 Å². The Morgan fingerprint density at radius 2 is 1.81 bits per heavy atom. The number of hydrogen-bond donors (Lipinski definition) is 1. The van der Waals surface area contributed by atoms with Crippen molar-refractivity contribution in [1.82, 2.24) is 14.5 Å². The number of anilines is 1. The number of carbonyl (C=O) groups excluding carboxylic acids is 1. The largest absolute Gasteiger partial charge is 0.497 e. The van der Waals surface area contributed by atoms with Crippen LogP contribution in [0, 0.1) is 0 Å². The molecular formula is C26H26N4O2. The second-order valence-electron chi connectivity index (χ2n) is 8.12. The van der Waals surface area contributed by atoms with Gasteiger partial charge in [0.15, 0.2) is 0 Å². The van der Waals surface area contributed by atoms with E-state index in [1.807, 2.05) is 18.2 Å². The summed E-state index contributed by atoms with van der Waals surface area (Å²) in [5.41, 5.74) is 4.65. The molecule has 1 aliphatic rings. The molecular weight excluding hydrogens is 400 g/mol. The molecule has 1 atom stereocenters. The Bertz CT molecular complexity index is 1250. The number of nitrogens with one attached hydrogen (secondary N) is 1. The predicted molar refractivity (Wildman–Crippen MR) is 126 cm³/mol. The first kappa shape index (κ1) is 20.3. The molecule has 0 aliphatic carbocycles. The van der Waals surface area contributed by atoms with Gasteiger partial charge in [-0.25, -0.2) is 4.98 Å². The van der Waals surface area contributed by atoms with E-state index in [9.17, 15) is 4.79 Å². The smallest absolute Gasteiger partial charge is 0.255 e. The summed E-state index contributed by atoms with van der Waals surface area (Å²) in [7, 11) is 1.61. The van der Waals surface area contributed by atoms with Crippen LogP contribution in [0.25, 0.3) is 11.0 Å². The van der Waals surface area contributed by atoms with Gasteiger partial charge in [-0.2, -0.15) is 0 Å². The SMILES string of the molecule is COc1ccc(C(=O)Nc2ccc3c(c2)nc2n3CCN(C(C)c3ccccc3)C2)cc1. The minimum Gasteiger partial charge on any atom is -0.497 e. The van der Waals surface area contributed by atoms with E-state index in [0.29, 0.717) is 11.6 Å². The number of hydrogen-bond acceptors (Lipinski definition) is 4. The molecule has 0 fully saturated rings. The van der Waals surface area contributed by atoms with Crippen LogP contribution in [0.4, 0.5) is 5.69 Å². The number of nitrogens with zero attached hydrogens (tertiary/aromatic N) is 3. The Hall–Kier alpha value is -3.64. The molecule has 6 heteroatoms. The Morgan fingerprint density at radius 3 is 2.56 bits per heavy atom. The van der Waals surface area contributed by atoms with Crippen molar-refractivity contribution in [2.75, 3.05) is 19.0 Å². The summed E-state index contributed by atoms with van der Waals surface area (Å²) in [6.45, 7) is 4.93. The quantitative estimate of drug-likeness (QED) is 0.494. The third kappa shape index (κ3) is 3.85. The molecule has 0 radical (unpaired) electrons. The maximum atomic E-state index is 12.6.